The Morgan fingerprint density at radius 2 is 2.00 bits per heavy atom. The number of nitrogens with zero attached hydrogens (tertiary/aromatic N) is 3. The maximum absolute atomic E-state index is 13.4. The van der Waals surface area contributed by atoms with E-state index in [0.29, 0.717) is 25.3 Å². The molecule has 2 rings (SSSR count). The zero-order chi connectivity index (χ0) is 14.4. The summed E-state index contributed by atoms with van der Waals surface area (Å²) in [6, 6.07) is 8.02. The molecular formula is C15H14FN3O. The lowest BCUT2D eigenvalue weighted by atomic mass is 10.0. The summed E-state index contributed by atoms with van der Waals surface area (Å²) in [4.78, 5) is 2.16. The fourth-order valence-electron chi connectivity index (χ4n) is 2.10. The van der Waals surface area contributed by atoms with E-state index in [4.69, 9.17) is 15.3 Å². The summed E-state index contributed by atoms with van der Waals surface area (Å²) in [6.07, 6.45) is 1.50. The van der Waals surface area contributed by atoms with Crippen molar-refractivity contribution in [2.75, 3.05) is 26.3 Å². The fourth-order valence-corrected chi connectivity index (χ4v) is 2.10. The van der Waals surface area contributed by atoms with Gasteiger partial charge in [0.05, 0.1) is 13.2 Å². The molecule has 1 heterocycles. The lowest BCUT2D eigenvalue weighted by Gasteiger charge is -2.27. The number of allylic oxidation sites excluding steroid dienone is 1. The largest absolute Gasteiger partial charge is 0.379 e. The van der Waals surface area contributed by atoms with E-state index < -0.39 is 0 Å². The second kappa shape index (κ2) is 6.81. The smallest absolute Gasteiger partial charge is 0.130 e. The van der Waals surface area contributed by atoms with Crippen molar-refractivity contribution in [3.05, 3.63) is 40.7 Å². The average Bonchev–Trinajstić information content (AvgIpc) is 2.48. The maximum atomic E-state index is 13.4. The Labute approximate surface area is 117 Å². The number of benzene rings is 1. The lowest BCUT2D eigenvalue weighted by molar-refractivity contribution is 0.0341. The van der Waals surface area contributed by atoms with Gasteiger partial charge in [0.15, 0.2) is 0 Å². The number of hydrogen-bond donors (Lipinski definition) is 0. The molecule has 1 aromatic carbocycles. The Hall–Kier alpha value is -2.21. The van der Waals surface area contributed by atoms with E-state index in [1.165, 1.54) is 18.2 Å². The molecule has 0 N–H and O–H groups in total. The first kappa shape index (κ1) is 14.2. The van der Waals surface area contributed by atoms with Crippen molar-refractivity contribution in [1.82, 2.24) is 4.90 Å². The third-order valence-electron chi connectivity index (χ3n) is 3.14. The molecule has 20 heavy (non-hydrogen) atoms. The van der Waals surface area contributed by atoms with Crippen LogP contribution in [0.5, 0.6) is 0 Å². The van der Waals surface area contributed by atoms with Crippen molar-refractivity contribution < 1.29 is 9.13 Å². The van der Waals surface area contributed by atoms with Gasteiger partial charge in [0, 0.05) is 19.6 Å². The van der Waals surface area contributed by atoms with Gasteiger partial charge >= 0.3 is 0 Å². The summed E-state index contributed by atoms with van der Waals surface area (Å²) in [5, 5.41) is 17.6. The minimum Gasteiger partial charge on any atom is -0.379 e. The maximum Gasteiger partial charge on any atom is 0.130 e. The molecule has 1 saturated heterocycles. The predicted molar refractivity (Wildman–Crippen MR) is 71.7 cm³/mol. The van der Waals surface area contributed by atoms with E-state index >= 15 is 0 Å². The van der Waals surface area contributed by atoms with Gasteiger partial charge in [-0.15, -0.1) is 0 Å². The standard InChI is InChI=1S/C15H14FN3O/c16-15-2-1-13(7-12(9-17)10-18)14(8-15)11-19-3-5-20-6-4-19/h1-2,7-8H,3-6,11H2. The van der Waals surface area contributed by atoms with Crippen molar-refractivity contribution in [3.63, 3.8) is 0 Å². The fraction of sp³-hybridized carbons (Fsp3) is 0.333. The highest BCUT2D eigenvalue weighted by Crippen LogP contribution is 2.17. The summed E-state index contributed by atoms with van der Waals surface area (Å²) in [5.74, 6) is -0.319. The zero-order valence-corrected chi connectivity index (χ0v) is 11.0. The van der Waals surface area contributed by atoms with Gasteiger partial charge in [0.25, 0.3) is 0 Å². The van der Waals surface area contributed by atoms with Crippen LogP contribution in [0.1, 0.15) is 11.1 Å². The van der Waals surface area contributed by atoms with Crippen molar-refractivity contribution >= 4 is 6.08 Å². The molecule has 0 spiro atoms. The van der Waals surface area contributed by atoms with Gasteiger partial charge in [-0.3, -0.25) is 4.90 Å². The minimum atomic E-state index is -0.319. The van der Waals surface area contributed by atoms with Crippen molar-refractivity contribution in [2.45, 2.75) is 6.54 Å². The summed E-state index contributed by atoms with van der Waals surface area (Å²) in [7, 11) is 0. The van der Waals surface area contributed by atoms with Crippen LogP contribution in [-0.2, 0) is 11.3 Å². The average molecular weight is 271 g/mol. The molecule has 0 aliphatic carbocycles. The van der Waals surface area contributed by atoms with Crippen molar-refractivity contribution in [3.8, 4) is 12.1 Å². The predicted octanol–water partition coefficient (Wildman–Crippen LogP) is 2.09. The molecule has 4 nitrogen and oxygen atoms in total. The lowest BCUT2D eigenvalue weighted by Crippen LogP contribution is -2.35. The van der Waals surface area contributed by atoms with Crippen LogP contribution in [0.2, 0.25) is 0 Å². The van der Waals surface area contributed by atoms with Crippen LogP contribution in [-0.4, -0.2) is 31.2 Å². The van der Waals surface area contributed by atoms with Crippen LogP contribution < -0.4 is 0 Å². The molecule has 1 fully saturated rings. The molecule has 0 aromatic heterocycles. The Balaban J connectivity index is 2.26. The van der Waals surface area contributed by atoms with Gasteiger partial charge in [0.1, 0.15) is 23.5 Å². The molecule has 0 radical (unpaired) electrons. The Morgan fingerprint density at radius 1 is 1.30 bits per heavy atom. The van der Waals surface area contributed by atoms with Crippen LogP contribution >= 0.6 is 0 Å². The third kappa shape index (κ3) is 3.64. The molecule has 102 valence electrons. The second-order valence-corrected chi connectivity index (χ2v) is 4.51. The first-order chi connectivity index (χ1) is 9.72. The van der Waals surface area contributed by atoms with E-state index in [1.807, 2.05) is 12.1 Å². The molecule has 1 aliphatic heterocycles. The Morgan fingerprint density at radius 3 is 2.65 bits per heavy atom. The van der Waals surface area contributed by atoms with Gasteiger partial charge in [-0.05, 0) is 29.3 Å². The Bertz CT molecular complexity index is 576. The van der Waals surface area contributed by atoms with Crippen LogP contribution in [0.25, 0.3) is 6.08 Å². The second-order valence-electron chi connectivity index (χ2n) is 4.51. The number of halogens is 1. The highest BCUT2D eigenvalue weighted by atomic mass is 19.1. The van der Waals surface area contributed by atoms with Crippen LogP contribution in [0.4, 0.5) is 4.39 Å². The normalized spacial score (nSPS) is 15.2. The molecule has 0 saturated carbocycles. The van der Waals surface area contributed by atoms with Crippen LogP contribution in [0.3, 0.4) is 0 Å². The Kier molecular flexibility index (Phi) is 4.84. The molecule has 0 bridgehead atoms. The summed E-state index contributed by atoms with van der Waals surface area (Å²) < 4.78 is 18.7. The monoisotopic (exact) mass is 271 g/mol. The number of hydrogen-bond acceptors (Lipinski definition) is 4. The molecular weight excluding hydrogens is 257 g/mol. The number of rotatable bonds is 3. The van der Waals surface area contributed by atoms with E-state index in [2.05, 4.69) is 4.90 Å². The SMILES string of the molecule is N#CC(C#N)=Cc1ccc(F)cc1CN1CCOCC1. The first-order valence-corrected chi connectivity index (χ1v) is 6.33. The van der Waals surface area contributed by atoms with E-state index in [0.717, 1.165) is 18.7 Å². The summed E-state index contributed by atoms with van der Waals surface area (Å²) >= 11 is 0. The van der Waals surface area contributed by atoms with E-state index in [9.17, 15) is 4.39 Å². The minimum absolute atomic E-state index is 0.0137. The van der Waals surface area contributed by atoms with Gasteiger partial charge in [-0.1, -0.05) is 6.07 Å². The van der Waals surface area contributed by atoms with Gasteiger partial charge < -0.3 is 4.74 Å². The summed E-state index contributed by atoms with van der Waals surface area (Å²) in [5.41, 5.74) is 1.49. The van der Waals surface area contributed by atoms with Crippen LogP contribution in [0.15, 0.2) is 23.8 Å². The van der Waals surface area contributed by atoms with Crippen LogP contribution in [0, 0.1) is 28.5 Å². The molecule has 5 heteroatoms. The molecule has 1 aliphatic rings. The highest BCUT2D eigenvalue weighted by Gasteiger charge is 2.13. The van der Waals surface area contributed by atoms with Gasteiger partial charge in [-0.25, -0.2) is 4.39 Å². The quantitative estimate of drug-likeness (QED) is 0.790. The molecule has 1 aromatic rings. The number of nitriles is 2. The van der Waals surface area contributed by atoms with Crippen molar-refractivity contribution in [1.29, 1.82) is 10.5 Å². The van der Waals surface area contributed by atoms with Crippen molar-refractivity contribution in [2.24, 2.45) is 0 Å². The number of ether oxygens (including phenoxy) is 1. The molecule has 0 atom stereocenters. The topological polar surface area (TPSA) is 60.0 Å². The van der Waals surface area contributed by atoms with Gasteiger partial charge in [-0.2, -0.15) is 10.5 Å². The molecule has 0 amide bonds. The first-order valence-electron chi connectivity index (χ1n) is 6.33. The van der Waals surface area contributed by atoms with E-state index in [-0.39, 0.29) is 11.4 Å². The van der Waals surface area contributed by atoms with Gasteiger partial charge in [0.2, 0.25) is 0 Å². The number of morpholine rings is 1. The van der Waals surface area contributed by atoms with E-state index in [1.54, 1.807) is 6.07 Å². The summed E-state index contributed by atoms with van der Waals surface area (Å²) in [6.45, 7) is 3.51. The molecule has 0 unspecified atom stereocenters. The highest BCUT2D eigenvalue weighted by molar-refractivity contribution is 5.64. The zero-order valence-electron chi connectivity index (χ0n) is 11.0. The third-order valence-corrected chi connectivity index (χ3v) is 3.14.